The van der Waals surface area contributed by atoms with Crippen LogP contribution in [0.25, 0.3) is 0 Å². The summed E-state index contributed by atoms with van der Waals surface area (Å²) >= 11 is 0. The van der Waals surface area contributed by atoms with E-state index in [9.17, 15) is 9.13 Å². The van der Waals surface area contributed by atoms with Gasteiger partial charge in [-0.05, 0) is 18.9 Å². The molecule has 1 unspecified atom stereocenters. The van der Waals surface area contributed by atoms with Crippen molar-refractivity contribution in [1.29, 1.82) is 0 Å². The summed E-state index contributed by atoms with van der Waals surface area (Å²) < 4.78 is 33.8. The normalized spacial score (nSPS) is 14.8. The molecule has 6 nitrogen and oxygen atoms in total. The zero-order valence-electron chi connectivity index (χ0n) is 12.1. The van der Waals surface area contributed by atoms with Crippen molar-refractivity contribution in [3.05, 3.63) is 35.9 Å². The number of ether oxygens (including phenoxy) is 1. The van der Waals surface area contributed by atoms with Crippen LogP contribution in [0.15, 0.2) is 30.3 Å². The lowest BCUT2D eigenvalue weighted by molar-refractivity contribution is 0.121. The summed E-state index contributed by atoms with van der Waals surface area (Å²) in [5.74, 6) is -0.702. The molecule has 0 spiro atoms. The van der Waals surface area contributed by atoms with Crippen LogP contribution in [-0.2, 0) is 25.0 Å². The smallest absolute Gasteiger partial charge is 0.335 e. The molecule has 0 aliphatic heterocycles. The summed E-state index contributed by atoms with van der Waals surface area (Å²) in [5, 5.41) is 0. The van der Waals surface area contributed by atoms with Crippen molar-refractivity contribution in [2.45, 2.75) is 20.0 Å². The van der Waals surface area contributed by atoms with Gasteiger partial charge in [0.1, 0.15) is 5.90 Å². The van der Waals surface area contributed by atoms with E-state index in [-0.39, 0.29) is 12.8 Å². The molecule has 0 aliphatic rings. The molecule has 120 valence electrons. The third-order valence-corrected chi connectivity index (χ3v) is 7.59. The third-order valence-electron chi connectivity index (χ3n) is 2.66. The van der Waals surface area contributed by atoms with Crippen molar-refractivity contribution >= 4 is 15.0 Å². The summed E-state index contributed by atoms with van der Waals surface area (Å²) in [6.45, 7) is 2.64. The number of hydrogen-bond donors (Lipinski definition) is 2. The first kappa shape index (κ1) is 18.6. The van der Waals surface area contributed by atoms with E-state index in [0.29, 0.717) is 19.6 Å². The van der Waals surface area contributed by atoms with Crippen LogP contribution in [0, 0.1) is 0 Å². The highest BCUT2D eigenvalue weighted by Crippen LogP contribution is 2.58. The van der Waals surface area contributed by atoms with Crippen molar-refractivity contribution in [2.75, 3.05) is 25.3 Å². The number of hydrogen-bond acceptors (Lipinski definition) is 4. The first-order chi connectivity index (χ1) is 9.85. The minimum Gasteiger partial charge on any atom is -0.377 e. The van der Waals surface area contributed by atoms with E-state index in [1.54, 1.807) is 6.92 Å². The SMILES string of the molecule is CCOP(=O)(CCCOCc1ccccc1)CP(=O)(O)O. The maximum Gasteiger partial charge on any atom is 0.335 e. The van der Waals surface area contributed by atoms with E-state index in [2.05, 4.69) is 0 Å². The van der Waals surface area contributed by atoms with Crippen molar-refractivity contribution < 1.29 is 28.2 Å². The van der Waals surface area contributed by atoms with E-state index in [0.717, 1.165) is 5.56 Å². The summed E-state index contributed by atoms with van der Waals surface area (Å²) in [4.78, 5) is 17.9. The zero-order valence-corrected chi connectivity index (χ0v) is 13.8. The average molecular weight is 336 g/mol. The molecular formula is C13H22O6P2. The quantitative estimate of drug-likeness (QED) is 0.504. The van der Waals surface area contributed by atoms with E-state index in [4.69, 9.17) is 19.0 Å². The topological polar surface area (TPSA) is 93.1 Å². The second-order valence-electron chi connectivity index (χ2n) is 4.65. The van der Waals surface area contributed by atoms with Gasteiger partial charge in [-0.15, -0.1) is 0 Å². The molecule has 0 saturated carbocycles. The maximum atomic E-state index is 12.3. The Kier molecular flexibility index (Phi) is 7.82. The Morgan fingerprint density at radius 2 is 1.81 bits per heavy atom. The first-order valence-corrected chi connectivity index (χ1v) is 10.5. The molecule has 0 heterocycles. The molecule has 1 aromatic rings. The minimum absolute atomic E-state index is 0.112. The van der Waals surface area contributed by atoms with Gasteiger partial charge in [-0.1, -0.05) is 30.3 Å². The van der Waals surface area contributed by atoms with Crippen molar-refractivity contribution in [3.8, 4) is 0 Å². The van der Waals surface area contributed by atoms with Gasteiger partial charge in [-0.2, -0.15) is 0 Å². The number of rotatable bonds is 10. The molecule has 0 saturated heterocycles. The van der Waals surface area contributed by atoms with Crippen LogP contribution in [0.5, 0.6) is 0 Å². The van der Waals surface area contributed by atoms with Crippen LogP contribution in [0.4, 0.5) is 0 Å². The van der Waals surface area contributed by atoms with Crippen LogP contribution in [0.2, 0.25) is 0 Å². The molecule has 0 bridgehead atoms. The summed E-state index contributed by atoms with van der Waals surface area (Å²) in [6, 6.07) is 9.64. The molecule has 0 fully saturated rings. The van der Waals surface area contributed by atoms with E-state index < -0.39 is 20.9 Å². The van der Waals surface area contributed by atoms with Gasteiger partial charge in [-0.3, -0.25) is 9.13 Å². The lowest BCUT2D eigenvalue weighted by Crippen LogP contribution is -2.04. The van der Waals surface area contributed by atoms with Crippen LogP contribution in [0.1, 0.15) is 18.9 Å². The van der Waals surface area contributed by atoms with Crippen LogP contribution in [-0.4, -0.2) is 35.1 Å². The van der Waals surface area contributed by atoms with E-state index >= 15 is 0 Å². The molecule has 1 atom stereocenters. The second kappa shape index (κ2) is 8.84. The van der Waals surface area contributed by atoms with Gasteiger partial charge in [0.2, 0.25) is 7.37 Å². The maximum absolute atomic E-state index is 12.3. The van der Waals surface area contributed by atoms with Gasteiger partial charge in [-0.25, -0.2) is 0 Å². The van der Waals surface area contributed by atoms with Crippen molar-refractivity contribution in [2.24, 2.45) is 0 Å². The predicted octanol–water partition coefficient (Wildman–Crippen LogP) is 3.04. The Bertz CT molecular complexity index is 499. The van der Waals surface area contributed by atoms with Gasteiger partial charge < -0.3 is 19.0 Å². The molecule has 1 rings (SSSR count). The second-order valence-corrected chi connectivity index (χ2v) is 9.45. The van der Waals surface area contributed by atoms with Gasteiger partial charge >= 0.3 is 7.60 Å². The van der Waals surface area contributed by atoms with Crippen LogP contribution >= 0.6 is 15.0 Å². The Hall–Kier alpha value is -0.480. The monoisotopic (exact) mass is 336 g/mol. The predicted molar refractivity (Wildman–Crippen MR) is 81.7 cm³/mol. The zero-order chi connectivity index (χ0) is 15.8. The van der Waals surface area contributed by atoms with Crippen molar-refractivity contribution in [3.63, 3.8) is 0 Å². The molecule has 0 aromatic heterocycles. The largest absolute Gasteiger partial charge is 0.377 e. The van der Waals surface area contributed by atoms with Crippen molar-refractivity contribution in [1.82, 2.24) is 0 Å². The molecular weight excluding hydrogens is 314 g/mol. The fraction of sp³-hybridized carbons (Fsp3) is 0.538. The minimum atomic E-state index is -4.35. The Balaban J connectivity index is 2.34. The average Bonchev–Trinajstić information content (AvgIpc) is 2.37. The molecule has 8 heteroatoms. The molecule has 0 radical (unpaired) electrons. The van der Waals surface area contributed by atoms with E-state index in [1.807, 2.05) is 30.3 Å². The van der Waals surface area contributed by atoms with Gasteiger partial charge in [0, 0.05) is 12.8 Å². The summed E-state index contributed by atoms with van der Waals surface area (Å²) in [5.41, 5.74) is 1.04. The third kappa shape index (κ3) is 8.52. The molecule has 21 heavy (non-hydrogen) atoms. The summed E-state index contributed by atoms with van der Waals surface area (Å²) in [7, 11) is -7.65. The molecule has 2 N–H and O–H groups in total. The van der Waals surface area contributed by atoms with Crippen LogP contribution < -0.4 is 0 Å². The Morgan fingerprint density at radius 1 is 1.14 bits per heavy atom. The fourth-order valence-corrected chi connectivity index (χ4v) is 6.21. The molecule has 0 amide bonds. The molecule has 1 aromatic carbocycles. The highest BCUT2D eigenvalue weighted by atomic mass is 31.2. The first-order valence-electron chi connectivity index (χ1n) is 6.73. The van der Waals surface area contributed by atoms with Crippen LogP contribution in [0.3, 0.4) is 0 Å². The Labute approximate surface area is 125 Å². The highest BCUT2D eigenvalue weighted by Gasteiger charge is 2.31. The molecule has 0 aliphatic carbocycles. The fourth-order valence-electron chi connectivity index (χ4n) is 1.86. The Morgan fingerprint density at radius 3 is 2.38 bits per heavy atom. The van der Waals surface area contributed by atoms with Gasteiger partial charge in [0.05, 0.1) is 13.2 Å². The van der Waals surface area contributed by atoms with Gasteiger partial charge in [0.25, 0.3) is 0 Å². The lowest BCUT2D eigenvalue weighted by atomic mass is 10.2. The summed E-state index contributed by atoms with van der Waals surface area (Å²) in [6.07, 6.45) is 0.546. The van der Waals surface area contributed by atoms with Gasteiger partial charge in [0.15, 0.2) is 0 Å². The number of benzene rings is 1. The standard InChI is InChI=1S/C13H22O6P2/c1-2-19-20(14,12-21(15,16)17)10-6-9-18-11-13-7-4-3-5-8-13/h3-5,7-8H,2,6,9-12H2,1H3,(H2,15,16,17). The highest BCUT2D eigenvalue weighted by molar-refractivity contribution is 7.73. The van der Waals surface area contributed by atoms with E-state index in [1.165, 1.54) is 0 Å². The lowest BCUT2D eigenvalue weighted by Gasteiger charge is -2.18.